The van der Waals surface area contributed by atoms with Crippen LogP contribution in [0.2, 0.25) is 0 Å². The van der Waals surface area contributed by atoms with E-state index in [2.05, 4.69) is 10.6 Å². The highest BCUT2D eigenvalue weighted by molar-refractivity contribution is 6.06. The molecule has 0 atom stereocenters. The summed E-state index contributed by atoms with van der Waals surface area (Å²) in [5, 5.41) is 5.75. The largest absolute Gasteiger partial charge is 0.496 e. The summed E-state index contributed by atoms with van der Waals surface area (Å²) in [6.45, 7) is 3.74. The molecule has 24 heavy (non-hydrogen) atoms. The van der Waals surface area contributed by atoms with E-state index in [0.29, 0.717) is 11.4 Å². The molecule has 3 rings (SSSR count). The van der Waals surface area contributed by atoms with Crippen LogP contribution in [-0.2, 0) is 21.4 Å². The maximum absolute atomic E-state index is 12.3. The topological polar surface area (TPSA) is 67.4 Å². The lowest BCUT2D eigenvalue weighted by atomic mass is 9.86. The first-order valence-electron chi connectivity index (χ1n) is 7.79. The molecule has 124 valence electrons. The Balaban J connectivity index is 1.77. The van der Waals surface area contributed by atoms with E-state index in [0.717, 1.165) is 16.8 Å². The maximum Gasteiger partial charge on any atom is 0.234 e. The van der Waals surface area contributed by atoms with Gasteiger partial charge in [0.1, 0.15) is 5.75 Å². The van der Waals surface area contributed by atoms with Gasteiger partial charge in [-0.05, 0) is 43.7 Å². The predicted octanol–water partition coefficient (Wildman–Crippen LogP) is 3.11. The lowest BCUT2D eigenvalue weighted by Gasteiger charge is -2.16. The highest BCUT2D eigenvalue weighted by Crippen LogP contribution is 2.38. The fourth-order valence-corrected chi connectivity index (χ4v) is 2.88. The average molecular weight is 324 g/mol. The molecule has 1 heterocycles. The molecule has 5 nitrogen and oxygen atoms in total. The molecular formula is C19H20N2O3. The highest BCUT2D eigenvalue weighted by Gasteiger charge is 2.38. The van der Waals surface area contributed by atoms with Gasteiger partial charge in [-0.2, -0.15) is 0 Å². The molecule has 2 amide bonds. The van der Waals surface area contributed by atoms with Gasteiger partial charge in [0.2, 0.25) is 11.8 Å². The highest BCUT2D eigenvalue weighted by atomic mass is 16.5. The van der Waals surface area contributed by atoms with Crippen LogP contribution >= 0.6 is 0 Å². The third-order valence-electron chi connectivity index (χ3n) is 4.34. The first-order valence-corrected chi connectivity index (χ1v) is 7.79. The Morgan fingerprint density at radius 2 is 1.96 bits per heavy atom. The van der Waals surface area contributed by atoms with Gasteiger partial charge < -0.3 is 15.4 Å². The van der Waals surface area contributed by atoms with Crippen LogP contribution in [0.4, 0.5) is 11.4 Å². The Hall–Kier alpha value is -2.82. The number of carbonyl (C=O) groups excluding carboxylic acids is 2. The number of amides is 2. The first-order chi connectivity index (χ1) is 11.4. The second-order valence-corrected chi connectivity index (χ2v) is 6.38. The minimum Gasteiger partial charge on any atom is -0.496 e. The van der Waals surface area contributed by atoms with Crippen molar-refractivity contribution < 1.29 is 14.3 Å². The van der Waals surface area contributed by atoms with E-state index in [-0.39, 0.29) is 18.2 Å². The summed E-state index contributed by atoms with van der Waals surface area (Å²) < 4.78 is 5.27. The molecule has 1 aliphatic heterocycles. The zero-order valence-electron chi connectivity index (χ0n) is 14.0. The number of para-hydroxylation sites is 1. The van der Waals surface area contributed by atoms with Crippen LogP contribution in [0.3, 0.4) is 0 Å². The van der Waals surface area contributed by atoms with Gasteiger partial charge in [-0.3, -0.25) is 9.59 Å². The molecule has 0 fully saturated rings. The number of anilines is 2. The predicted molar refractivity (Wildman–Crippen MR) is 93.4 cm³/mol. The zero-order chi connectivity index (χ0) is 17.3. The first kappa shape index (κ1) is 16.1. The Morgan fingerprint density at radius 1 is 1.21 bits per heavy atom. The third kappa shape index (κ3) is 2.85. The van der Waals surface area contributed by atoms with Crippen LogP contribution in [0.15, 0.2) is 42.5 Å². The molecule has 0 unspecified atom stereocenters. The fraction of sp³-hybridized carbons (Fsp3) is 0.263. The van der Waals surface area contributed by atoms with Gasteiger partial charge in [0.15, 0.2) is 0 Å². The van der Waals surface area contributed by atoms with Crippen molar-refractivity contribution in [2.24, 2.45) is 0 Å². The van der Waals surface area contributed by atoms with Crippen LogP contribution < -0.4 is 15.4 Å². The van der Waals surface area contributed by atoms with Gasteiger partial charge in [0, 0.05) is 16.9 Å². The molecule has 0 saturated carbocycles. The number of carbonyl (C=O) groups is 2. The summed E-state index contributed by atoms with van der Waals surface area (Å²) in [6, 6.07) is 12.9. The summed E-state index contributed by atoms with van der Waals surface area (Å²) >= 11 is 0. The van der Waals surface area contributed by atoms with E-state index in [4.69, 9.17) is 4.74 Å². The number of rotatable bonds is 4. The molecule has 2 aromatic rings. The zero-order valence-corrected chi connectivity index (χ0v) is 14.0. The third-order valence-corrected chi connectivity index (χ3v) is 4.34. The molecule has 0 radical (unpaired) electrons. The summed E-state index contributed by atoms with van der Waals surface area (Å²) in [5.41, 5.74) is 2.60. The number of benzene rings is 2. The van der Waals surface area contributed by atoms with Crippen molar-refractivity contribution in [3.05, 3.63) is 53.6 Å². The molecule has 0 bridgehead atoms. The quantitative estimate of drug-likeness (QED) is 0.908. The normalized spacial score (nSPS) is 14.7. The van der Waals surface area contributed by atoms with Gasteiger partial charge in [-0.15, -0.1) is 0 Å². The minimum absolute atomic E-state index is 0.0324. The standard InChI is InChI=1S/C19H20N2O3/c1-19(2)14-11-13(8-9-15(14)21-18(19)23)20-17(22)10-12-6-4-5-7-16(12)24-3/h4-9,11H,10H2,1-3H3,(H,20,22)(H,21,23). The summed E-state index contributed by atoms with van der Waals surface area (Å²) in [5.74, 6) is 0.530. The van der Waals surface area contributed by atoms with Crippen LogP contribution in [0, 0.1) is 0 Å². The van der Waals surface area contributed by atoms with E-state index < -0.39 is 5.41 Å². The molecule has 2 aromatic carbocycles. The van der Waals surface area contributed by atoms with Crippen molar-refractivity contribution in [2.45, 2.75) is 25.7 Å². The molecule has 2 N–H and O–H groups in total. The number of methoxy groups -OCH3 is 1. The van der Waals surface area contributed by atoms with Crippen LogP contribution in [0.1, 0.15) is 25.0 Å². The monoisotopic (exact) mass is 324 g/mol. The van der Waals surface area contributed by atoms with Gasteiger partial charge >= 0.3 is 0 Å². The van der Waals surface area contributed by atoms with Gasteiger partial charge in [-0.25, -0.2) is 0 Å². The molecular weight excluding hydrogens is 304 g/mol. The molecule has 0 aliphatic carbocycles. The maximum atomic E-state index is 12.3. The SMILES string of the molecule is COc1ccccc1CC(=O)Nc1ccc2c(c1)C(C)(C)C(=O)N2. The smallest absolute Gasteiger partial charge is 0.234 e. The molecule has 0 spiro atoms. The van der Waals surface area contributed by atoms with E-state index in [1.54, 1.807) is 13.2 Å². The summed E-state index contributed by atoms with van der Waals surface area (Å²) in [4.78, 5) is 24.3. The van der Waals surface area contributed by atoms with E-state index >= 15 is 0 Å². The summed E-state index contributed by atoms with van der Waals surface area (Å²) in [7, 11) is 1.59. The molecule has 0 saturated heterocycles. The van der Waals surface area contributed by atoms with E-state index in [1.165, 1.54) is 0 Å². The number of fused-ring (bicyclic) bond motifs is 1. The van der Waals surface area contributed by atoms with E-state index in [9.17, 15) is 9.59 Å². The van der Waals surface area contributed by atoms with Crippen molar-refractivity contribution in [1.29, 1.82) is 0 Å². The Kier molecular flexibility index (Phi) is 4.01. The lowest BCUT2D eigenvalue weighted by molar-refractivity contribution is -0.119. The Bertz CT molecular complexity index is 812. The molecule has 0 aromatic heterocycles. The number of nitrogens with one attached hydrogen (secondary N) is 2. The van der Waals surface area contributed by atoms with E-state index in [1.807, 2.05) is 50.2 Å². The Morgan fingerprint density at radius 3 is 2.71 bits per heavy atom. The van der Waals surface area contributed by atoms with Crippen LogP contribution in [-0.4, -0.2) is 18.9 Å². The fourth-order valence-electron chi connectivity index (χ4n) is 2.88. The van der Waals surface area contributed by atoms with Gasteiger partial charge in [0.05, 0.1) is 18.9 Å². The van der Waals surface area contributed by atoms with Crippen LogP contribution in [0.5, 0.6) is 5.75 Å². The van der Waals surface area contributed by atoms with Crippen molar-refractivity contribution in [2.75, 3.05) is 17.7 Å². The van der Waals surface area contributed by atoms with Crippen molar-refractivity contribution >= 4 is 23.2 Å². The van der Waals surface area contributed by atoms with Crippen molar-refractivity contribution in [1.82, 2.24) is 0 Å². The Labute approximate surface area is 141 Å². The van der Waals surface area contributed by atoms with Gasteiger partial charge in [-0.1, -0.05) is 18.2 Å². The minimum atomic E-state index is -0.598. The second-order valence-electron chi connectivity index (χ2n) is 6.38. The number of hydrogen-bond acceptors (Lipinski definition) is 3. The summed E-state index contributed by atoms with van der Waals surface area (Å²) in [6.07, 6.45) is 0.224. The van der Waals surface area contributed by atoms with Crippen LogP contribution in [0.25, 0.3) is 0 Å². The lowest BCUT2D eigenvalue weighted by Crippen LogP contribution is -2.27. The average Bonchev–Trinajstić information content (AvgIpc) is 2.78. The second kappa shape index (κ2) is 6.00. The van der Waals surface area contributed by atoms with Gasteiger partial charge in [0.25, 0.3) is 0 Å². The molecule has 5 heteroatoms. The number of ether oxygens (including phenoxy) is 1. The number of hydrogen-bond donors (Lipinski definition) is 2. The van der Waals surface area contributed by atoms with Crippen molar-refractivity contribution in [3.8, 4) is 5.75 Å². The van der Waals surface area contributed by atoms with Crippen molar-refractivity contribution in [3.63, 3.8) is 0 Å². The molecule has 1 aliphatic rings.